The van der Waals surface area contributed by atoms with Crippen LogP contribution in [0.25, 0.3) is 0 Å². The van der Waals surface area contributed by atoms with Gasteiger partial charge in [0.1, 0.15) is 0 Å². The van der Waals surface area contributed by atoms with E-state index in [0.717, 1.165) is 11.1 Å². The molecule has 0 amide bonds. The van der Waals surface area contributed by atoms with Crippen LogP contribution < -0.4 is 5.73 Å². The standard InChI is InChI=1S/C12H16N2O/c1-10(12(13)9-15)7-14-8-11-5-3-2-4-6-11/h2-7,15H,8-9,13H2,1H3. The predicted octanol–water partition coefficient (Wildman–Crippen LogP) is 1.48. The van der Waals surface area contributed by atoms with Crippen molar-refractivity contribution in [2.75, 3.05) is 6.61 Å². The predicted molar refractivity (Wildman–Crippen MR) is 62.6 cm³/mol. The van der Waals surface area contributed by atoms with Crippen molar-refractivity contribution in [2.45, 2.75) is 13.5 Å². The van der Waals surface area contributed by atoms with E-state index in [9.17, 15) is 0 Å². The Labute approximate surface area is 90.0 Å². The van der Waals surface area contributed by atoms with E-state index in [1.807, 2.05) is 37.3 Å². The monoisotopic (exact) mass is 204 g/mol. The van der Waals surface area contributed by atoms with Crippen LogP contribution in [-0.4, -0.2) is 17.9 Å². The highest BCUT2D eigenvalue weighted by Gasteiger charge is 1.92. The molecular weight excluding hydrogens is 188 g/mol. The minimum atomic E-state index is -0.122. The normalized spacial score (nSPS) is 12.9. The van der Waals surface area contributed by atoms with Gasteiger partial charge in [-0.1, -0.05) is 30.3 Å². The summed E-state index contributed by atoms with van der Waals surface area (Å²) in [4.78, 5) is 4.24. The first kappa shape index (κ1) is 11.5. The molecule has 0 unspecified atom stereocenters. The summed E-state index contributed by atoms with van der Waals surface area (Å²) in [5.41, 5.74) is 7.97. The molecule has 3 heteroatoms. The van der Waals surface area contributed by atoms with Gasteiger partial charge in [-0.05, 0) is 18.1 Å². The van der Waals surface area contributed by atoms with Gasteiger partial charge >= 0.3 is 0 Å². The molecule has 0 saturated heterocycles. The number of allylic oxidation sites excluding steroid dienone is 1. The molecule has 0 heterocycles. The van der Waals surface area contributed by atoms with E-state index in [0.29, 0.717) is 12.2 Å². The zero-order valence-corrected chi connectivity index (χ0v) is 8.85. The molecule has 0 fully saturated rings. The third kappa shape index (κ3) is 3.95. The van der Waals surface area contributed by atoms with Crippen molar-refractivity contribution in [2.24, 2.45) is 10.7 Å². The lowest BCUT2D eigenvalue weighted by atomic mass is 10.2. The van der Waals surface area contributed by atoms with Gasteiger partial charge in [0.05, 0.1) is 13.2 Å². The first-order valence-electron chi connectivity index (χ1n) is 4.84. The van der Waals surface area contributed by atoms with Crippen LogP contribution in [0.4, 0.5) is 0 Å². The number of hydrogen-bond acceptors (Lipinski definition) is 3. The Kier molecular flexibility index (Phi) is 4.57. The molecule has 0 aromatic heterocycles. The molecule has 0 aliphatic rings. The maximum atomic E-state index is 8.78. The molecule has 0 saturated carbocycles. The number of aliphatic imine (C=N–C) groups is 1. The molecule has 0 bridgehead atoms. The highest BCUT2D eigenvalue weighted by atomic mass is 16.3. The van der Waals surface area contributed by atoms with Gasteiger partial charge < -0.3 is 10.8 Å². The van der Waals surface area contributed by atoms with Crippen LogP contribution in [0.2, 0.25) is 0 Å². The molecule has 1 rings (SSSR count). The molecule has 0 radical (unpaired) electrons. The average molecular weight is 204 g/mol. The van der Waals surface area contributed by atoms with Crippen LogP contribution in [0, 0.1) is 0 Å². The summed E-state index contributed by atoms with van der Waals surface area (Å²) < 4.78 is 0. The van der Waals surface area contributed by atoms with Crippen LogP contribution in [-0.2, 0) is 6.54 Å². The number of benzene rings is 1. The number of nitrogens with two attached hydrogens (primary N) is 1. The van der Waals surface area contributed by atoms with Gasteiger partial charge in [-0.2, -0.15) is 0 Å². The zero-order valence-electron chi connectivity index (χ0n) is 8.85. The minimum Gasteiger partial charge on any atom is -0.400 e. The van der Waals surface area contributed by atoms with Crippen molar-refractivity contribution in [1.29, 1.82) is 0 Å². The zero-order chi connectivity index (χ0) is 11.1. The van der Waals surface area contributed by atoms with Crippen molar-refractivity contribution in [3.05, 3.63) is 47.2 Å². The van der Waals surface area contributed by atoms with E-state index >= 15 is 0 Å². The van der Waals surface area contributed by atoms with Crippen LogP contribution in [0.15, 0.2) is 46.6 Å². The summed E-state index contributed by atoms with van der Waals surface area (Å²) in [6, 6.07) is 9.98. The van der Waals surface area contributed by atoms with E-state index in [1.165, 1.54) is 0 Å². The summed E-state index contributed by atoms with van der Waals surface area (Å²) >= 11 is 0. The van der Waals surface area contributed by atoms with E-state index < -0.39 is 0 Å². The van der Waals surface area contributed by atoms with E-state index in [1.54, 1.807) is 6.21 Å². The molecule has 1 aromatic carbocycles. The molecule has 3 nitrogen and oxygen atoms in total. The first-order valence-corrected chi connectivity index (χ1v) is 4.84. The molecule has 1 aromatic rings. The van der Waals surface area contributed by atoms with Crippen LogP contribution in [0.3, 0.4) is 0 Å². The lowest BCUT2D eigenvalue weighted by molar-refractivity contribution is 0.329. The van der Waals surface area contributed by atoms with E-state index in [2.05, 4.69) is 4.99 Å². The molecule has 0 aliphatic carbocycles. The number of hydrogen-bond donors (Lipinski definition) is 2. The van der Waals surface area contributed by atoms with Gasteiger partial charge in [-0.15, -0.1) is 0 Å². The second-order valence-electron chi connectivity index (χ2n) is 3.32. The summed E-state index contributed by atoms with van der Waals surface area (Å²) in [6.07, 6.45) is 1.69. The maximum absolute atomic E-state index is 8.78. The van der Waals surface area contributed by atoms with Crippen LogP contribution in [0.1, 0.15) is 12.5 Å². The molecular formula is C12H16N2O. The SMILES string of the molecule is CC(C=NCc1ccccc1)=C(N)CO. The van der Waals surface area contributed by atoms with Gasteiger partial charge in [0.15, 0.2) is 0 Å². The van der Waals surface area contributed by atoms with Crippen molar-refractivity contribution in [1.82, 2.24) is 0 Å². The molecule has 3 N–H and O–H groups in total. The third-order valence-corrected chi connectivity index (χ3v) is 2.08. The molecule has 0 spiro atoms. The van der Waals surface area contributed by atoms with Crippen LogP contribution >= 0.6 is 0 Å². The Hall–Kier alpha value is -1.61. The van der Waals surface area contributed by atoms with Gasteiger partial charge in [0, 0.05) is 11.9 Å². The Balaban J connectivity index is 2.54. The van der Waals surface area contributed by atoms with Gasteiger partial charge in [-0.3, -0.25) is 4.99 Å². The highest BCUT2D eigenvalue weighted by Crippen LogP contribution is 2.00. The largest absolute Gasteiger partial charge is 0.400 e. The highest BCUT2D eigenvalue weighted by molar-refractivity contribution is 5.78. The number of aliphatic hydroxyl groups excluding tert-OH is 1. The van der Waals surface area contributed by atoms with Gasteiger partial charge in [0.2, 0.25) is 0 Å². The van der Waals surface area contributed by atoms with Crippen LogP contribution in [0.5, 0.6) is 0 Å². The molecule has 15 heavy (non-hydrogen) atoms. The van der Waals surface area contributed by atoms with Crippen molar-refractivity contribution in [3.63, 3.8) is 0 Å². The minimum absolute atomic E-state index is 0.122. The van der Waals surface area contributed by atoms with Crippen molar-refractivity contribution < 1.29 is 5.11 Å². The fraction of sp³-hybridized carbons (Fsp3) is 0.250. The molecule has 0 aliphatic heterocycles. The van der Waals surface area contributed by atoms with E-state index in [4.69, 9.17) is 10.8 Å². The van der Waals surface area contributed by atoms with Crippen molar-refractivity contribution >= 4 is 6.21 Å². The molecule has 80 valence electrons. The Morgan fingerprint density at radius 3 is 2.67 bits per heavy atom. The molecule has 0 atom stereocenters. The summed E-state index contributed by atoms with van der Waals surface area (Å²) in [7, 11) is 0. The van der Waals surface area contributed by atoms with Gasteiger partial charge in [-0.25, -0.2) is 0 Å². The van der Waals surface area contributed by atoms with Crippen molar-refractivity contribution in [3.8, 4) is 0 Å². The number of aliphatic hydroxyl groups is 1. The lowest BCUT2D eigenvalue weighted by Gasteiger charge is -1.98. The smallest absolute Gasteiger partial charge is 0.0828 e. The quantitative estimate of drug-likeness (QED) is 0.730. The fourth-order valence-electron chi connectivity index (χ4n) is 1.08. The maximum Gasteiger partial charge on any atom is 0.0828 e. The second kappa shape index (κ2) is 5.98. The Morgan fingerprint density at radius 1 is 1.40 bits per heavy atom. The summed E-state index contributed by atoms with van der Waals surface area (Å²) in [6.45, 7) is 2.35. The second-order valence-corrected chi connectivity index (χ2v) is 3.32. The number of nitrogens with zero attached hydrogens (tertiary/aromatic N) is 1. The first-order chi connectivity index (χ1) is 7.24. The third-order valence-electron chi connectivity index (χ3n) is 2.08. The summed E-state index contributed by atoms with van der Waals surface area (Å²) in [5.74, 6) is 0. The number of rotatable bonds is 4. The average Bonchev–Trinajstić information content (AvgIpc) is 2.29. The Bertz CT molecular complexity index is 355. The summed E-state index contributed by atoms with van der Waals surface area (Å²) in [5, 5.41) is 8.78. The topological polar surface area (TPSA) is 58.6 Å². The van der Waals surface area contributed by atoms with E-state index in [-0.39, 0.29) is 6.61 Å². The lowest BCUT2D eigenvalue weighted by Crippen LogP contribution is -2.06. The van der Waals surface area contributed by atoms with Gasteiger partial charge in [0.25, 0.3) is 0 Å². The fourth-order valence-corrected chi connectivity index (χ4v) is 1.08. The Morgan fingerprint density at radius 2 is 2.07 bits per heavy atom.